The van der Waals surface area contributed by atoms with E-state index >= 15 is 0 Å². The Bertz CT molecular complexity index is 966. The van der Waals surface area contributed by atoms with Crippen molar-refractivity contribution in [1.82, 2.24) is 9.91 Å². The lowest BCUT2D eigenvalue weighted by Crippen LogP contribution is -2.59. The fourth-order valence-electron chi connectivity index (χ4n) is 5.08. The second kappa shape index (κ2) is 7.51. The summed E-state index contributed by atoms with van der Waals surface area (Å²) in [4.78, 5) is 2.51. The number of benzene rings is 2. The summed E-state index contributed by atoms with van der Waals surface area (Å²) in [6, 6.07) is 13.6. The molecule has 1 atom stereocenters. The second-order valence-electron chi connectivity index (χ2n) is 8.40. The number of nitrogens with zero attached hydrogens (tertiary/aromatic N) is 3. The predicted octanol–water partition coefficient (Wildman–Crippen LogP) is 4.15. The molecule has 2 aromatic rings. The molecular weight excluding hydrogens is 378 g/mol. The van der Waals surface area contributed by atoms with E-state index in [4.69, 9.17) is 14.6 Å². The Kier molecular flexibility index (Phi) is 4.82. The van der Waals surface area contributed by atoms with Crippen LogP contribution in [0, 0.1) is 0 Å². The highest BCUT2D eigenvalue weighted by Gasteiger charge is 2.52. The number of phenols is 1. The molecule has 3 aliphatic heterocycles. The van der Waals surface area contributed by atoms with Crippen LogP contribution in [0.25, 0.3) is 0 Å². The van der Waals surface area contributed by atoms with Gasteiger partial charge in [0.15, 0.2) is 11.5 Å². The first-order valence-electron chi connectivity index (χ1n) is 10.9. The Morgan fingerprint density at radius 2 is 1.97 bits per heavy atom. The van der Waals surface area contributed by atoms with Gasteiger partial charge in [-0.1, -0.05) is 31.2 Å². The highest BCUT2D eigenvalue weighted by atomic mass is 16.5. The topological polar surface area (TPSA) is 57.5 Å². The summed E-state index contributed by atoms with van der Waals surface area (Å²) in [6.07, 6.45) is 3.67. The molecule has 6 heteroatoms. The molecule has 1 N–H and O–H groups in total. The van der Waals surface area contributed by atoms with Crippen LogP contribution < -0.4 is 9.47 Å². The first kappa shape index (κ1) is 19.2. The summed E-state index contributed by atoms with van der Waals surface area (Å²) in [5, 5.41) is 17.6. The zero-order valence-corrected chi connectivity index (χ0v) is 17.7. The molecule has 1 spiro atoms. The van der Waals surface area contributed by atoms with E-state index in [1.807, 2.05) is 30.3 Å². The number of methoxy groups -OCH3 is 1. The number of para-hydroxylation sites is 2. The smallest absolute Gasteiger partial charge is 0.200 e. The average molecular weight is 408 g/mol. The van der Waals surface area contributed by atoms with Crippen molar-refractivity contribution in [2.45, 2.75) is 44.4 Å². The van der Waals surface area contributed by atoms with Crippen LogP contribution in [-0.4, -0.2) is 53.2 Å². The number of phenolic OH excluding ortho intramolecular Hbond substituents is 1. The van der Waals surface area contributed by atoms with Gasteiger partial charge in [0.05, 0.1) is 18.9 Å². The number of aromatic hydroxyl groups is 1. The molecule has 1 fully saturated rings. The third-order valence-corrected chi connectivity index (χ3v) is 6.60. The fourth-order valence-corrected chi connectivity index (χ4v) is 5.08. The van der Waals surface area contributed by atoms with Crippen molar-refractivity contribution >= 4 is 5.71 Å². The Morgan fingerprint density at radius 3 is 2.70 bits per heavy atom. The van der Waals surface area contributed by atoms with Crippen LogP contribution >= 0.6 is 0 Å². The Balaban J connectivity index is 1.56. The van der Waals surface area contributed by atoms with Crippen LogP contribution in [0.1, 0.15) is 49.8 Å². The molecule has 0 saturated carbocycles. The lowest BCUT2D eigenvalue weighted by atomic mass is 9.90. The van der Waals surface area contributed by atoms with Crippen LogP contribution in [0.2, 0.25) is 0 Å². The maximum Gasteiger partial charge on any atom is 0.200 e. The highest BCUT2D eigenvalue weighted by Crippen LogP contribution is 2.52. The Morgan fingerprint density at radius 1 is 1.17 bits per heavy atom. The van der Waals surface area contributed by atoms with Crippen LogP contribution in [0.3, 0.4) is 0 Å². The number of likely N-dealkylation sites (tertiary alicyclic amines) is 1. The molecule has 1 saturated heterocycles. The van der Waals surface area contributed by atoms with E-state index in [0.29, 0.717) is 0 Å². The molecule has 5 rings (SSSR count). The SMILES string of the molecule is CCCN1CCC2(CC1)Oc1c(OC)cccc1C1CC(c3ccccc3O)=NN12. The molecule has 0 radical (unpaired) electrons. The summed E-state index contributed by atoms with van der Waals surface area (Å²) < 4.78 is 12.4. The molecule has 2 aromatic carbocycles. The van der Waals surface area contributed by atoms with E-state index in [-0.39, 0.29) is 11.8 Å². The minimum Gasteiger partial charge on any atom is -0.507 e. The van der Waals surface area contributed by atoms with Gasteiger partial charge in [-0.05, 0) is 31.2 Å². The average Bonchev–Trinajstić information content (AvgIpc) is 3.22. The summed E-state index contributed by atoms with van der Waals surface area (Å²) in [5.41, 5.74) is 2.33. The number of fused-ring (bicyclic) bond motifs is 4. The van der Waals surface area contributed by atoms with Crippen molar-refractivity contribution in [3.05, 3.63) is 53.6 Å². The molecular formula is C24H29N3O3. The van der Waals surface area contributed by atoms with Gasteiger partial charge < -0.3 is 19.5 Å². The maximum absolute atomic E-state index is 10.4. The number of piperidine rings is 1. The first-order valence-corrected chi connectivity index (χ1v) is 10.9. The van der Waals surface area contributed by atoms with Crippen molar-refractivity contribution in [2.24, 2.45) is 5.10 Å². The molecule has 3 aliphatic rings. The van der Waals surface area contributed by atoms with Crippen molar-refractivity contribution in [3.63, 3.8) is 0 Å². The van der Waals surface area contributed by atoms with E-state index < -0.39 is 5.72 Å². The van der Waals surface area contributed by atoms with Crippen LogP contribution in [0.4, 0.5) is 0 Å². The van der Waals surface area contributed by atoms with Crippen LogP contribution in [-0.2, 0) is 0 Å². The molecule has 0 aromatic heterocycles. The molecule has 1 unspecified atom stereocenters. The summed E-state index contributed by atoms with van der Waals surface area (Å²) >= 11 is 0. The first-order chi connectivity index (χ1) is 14.6. The van der Waals surface area contributed by atoms with Crippen molar-refractivity contribution in [1.29, 1.82) is 0 Å². The summed E-state index contributed by atoms with van der Waals surface area (Å²) in [6.45, 7) is 5.32. The van der Waals surface area contributed by atoms with Crippen molar-refractivity contribution < 1.29 is 14.6 Å². The molecule has 0 bridgehead atoms. The number of hydrogen-bond acceptors (Lipinski definition) is 6. The molecule has 0 amide bonds. The zero-order chi connectivity index (χ0) is 20.7. The van der Waals surface area contributed by atoms with E-state index in [1.165, 1.54) is 0 Å². The van der Waals surface area contributed by atoms with Crippen LogP contribution in [0.5, 0.6) is 17.2 Å². The lowest BCUT2D eigenvalue weighted by Gasteiger charge is -2.51. The Hall–Kier alpha value is -2.73. The van der Waals surface area contributed by atoms with Gasteiger partial charge in [-0.3, -0.25) is 0 Å². The highest BCUT2D eigenvalue weighted by molar-refractivity contribution is 6.04. The minimum absolute atomic E-state index is 0.0798. The van der Waals surface area contributed by atoms with Gasteiger partial charge in [0, 0.05) is 43.5 Å². The van der Waals surface area contributed by atoms with E-state index in [1.54, 1.807) is 13.2 Å². The summed E-state index contributed by atoms with van der Waals surface area (Å²) in [7, 11) is 1.69. The normalized spacial score (nSPS) is 22.3. The number of hydrazone groups is 1. The standard InChI is InChI=1S/C24H29N3O3/c1-3-13-26-14-11-24(12-15-26)27-20(18-8-6-10-22(29-2)23(18)30-24)16-19(25-27)17-7-4-5-9-21(17)28/h4-10,20,28H,3,11-16H2,1-2H3. The molecule has 0 aliphatic carbocycles. The van der Waals surface area contributed by atoms with Gasteiger partial charge in [-0.25, -0.2) is 5.01 Å². The van der Waals surface area contributed by atoms with E-state index in [0.717, 1.165) is 73.7 Å². The Labute approximate surface area is 177 Å². The third-order valence-electron chi connectivity index (χ3n) is 6.60. The zero-order valence-electron chi connectivity index (χ0n) is 17.7. The number of hydrogen-bond donors (Lipinski definition) is 1. The lowest BCUT2D eigenvalue weighted by molar-refractivity contribution is -0.150. The quantitative estimate of drug-likeness (QED) is 0.825. The van der Waals surface area contributed by atoms with Gasteiger partial charge in [0.2, 0.25) is 5.72 Å². The van der Waals surface area contributed by atoms with Gasteiger partial charge in [0.25, 0.3) is 0 Å². The summed E-state index contributed by atoms with van der Waals surface area (Å²) in [5.74, 6) is 1.90. The number of ether oxygens (including phenoxy) is 2. The molecule has 30 heavy (non-hydrogen) atoms. The largest absolute Gasteiger partial charge is 0.507 e. The fraction of sp³-hybridized carbons (Fsp3) is 0.458. The number of rotatable bonds is 4. The maximum atomic E-state index is 10.4. The predicted molar refractivity (Wildman–Crippen MR) is 116 cm³/mol. The molecule has 158 valence electrons. The van der Waals surface area contributed by atoms with Crippen molar-refractivity contribution in [3.8, 4) is 17.2 Å². The van der Waals surface area contributed by atoms with E-state index in [9.17, 15) is 5.11 Å². The van der Waals surface area contributed by atoms with Crippen molar-refractivity contribution in [2.75, 3.05) is 26.7 Å². The van der Waals surface area contributed by atoms with E-state index in [2.05, 4.69) is 22.9 Å². The second-order valence-corrected chi connectivity index (χ2v) is 8.40. The van der Waals surface area contributed by atoms with Gasteiger partial charge in [-0.15, -0.1) is 0 Å². The molecule has 6 nitrogen and oxygen atoms in total. The minimum atomic E-state index is -0.483. The van der Waals surface area contributed by atoms with Gasteiger partial charge in [-0.2, -0.15) is 5.10 Å². The van der Waals surface area contributed by atoms with Crippen LogP contribution in [0.15, 0.2) is 47.6 Å². The molecule has 3 heterocycles. The monoisotopic (exact) mass is 407 g/mol. The van der Waals surface area contributed by atoms with Gasteiger partial charge in [0.1, 0.15) is 5.75 Å². The van der Waals surface area contributed by atoms with Gasteiger partial charge >= 0.3 is 0 Å². The third kappa shape index (κ3) is 3.01.